The van der Waals surface area contributed by atoms with Gasteiger partial charge in [0.05, 0.1) is 45.7 Å². The number of hydrogen-bond donors (Lipinski definition) is 6. The second kappa shape index (κ2) is 37.8. The fourth-order valence-electron chi connectivity index (χ4n) is 7.78. The number of ketones is 1. The third kappa shape index (κ3) is 28.9. The molecule has 0 spiro atoms. The van der Waals surface area contributed by atoms with Crippen molar-refractivity contribution in [1.29, 1.82) is 0 Å². The summed E-state index contributed by atoms with van der Waals surface area (Å²) < 4.78 is 10.8. The molecule has 4 aliphatic heterocycles. The summed E-state index contributed by atoms with van der Waals surface area (Å²) in [5.41, 5.74) is 7.80. The number of H-pyrrole nitrogens is 3. The molecule has 4 aliphatic rings. The summed E-state index contributed by atoms with van der Waals surface area (Å²) in [6, 6.07) is 13.7. The molecule has 0 radical (unpaired) electrons. The summed E-state index contributed by atoms with van der Waals surface area (Å²) in [6.45, 7) is 26.6. The van der Waals surface area contributed by atoms with Crippen LogP contribution in [-0.4, -0.2) is 200 Å². The number of aliphatic hydroxyl groups excluding tert-OH is 3. The Balaban J connectivity index is 0.000000965. The number of ether oxygens (including phenoxy) is 2. The predicted molar refractivity (Wildman–Crippen MR) is 317 cm³/mol. The number of carbonyl (C=O) groups is 3. The Bertz CT molecular complexity index is 2600. The van der Waals surface area contributed by atoms with Crippen molar-refractivity contribution in [3.8, 4) is 0 Å². The van der Waals surface area contributed by atoms with Crippen molar-refractivity contribution in [3.63, 3.8) is 0 Å². The van der Waals surface area contributed by atoms with Gasteiger partial charge in [-0.2, -0.15) is 0 Å². The largest absolute Gasteiger partial charge is 1.00 e. The average Bonchev–Trinajstić information content (AvgIpc) is 4.24. The van der Waals surface area contributed by atoms with Gasteiger partial charge in [0.1, 0.15) is 17.0 Å². The molecule has 2 amide bonds. The van der Waals surface area contributed by atoms with E-state index >= 15 is 0 Å². The smallest absolute Gasteiger partial charge is 0.850 e. The van der Waals surface area contributed by atoms with Crippen LogP contribution >= 0.6 is 8.58 Å². The van der Waals surface area contributed by atoms with Gasteiger partial charge in [0.2, 0.25) is 0 Å². The van der Waals surface area contributed by atoms with E-state index in [2.05, 4.69) is 54.2 Å². The first kappa shape index (κ1) is 74.8. The molecule has 2 unspecified atom stereocenters. The number of aromatic nitrogens is 6. The van der Waals surface area contributed by atoms with Crippen molar-refractivity contribution in [2.45, 2.75) is 118 Å². The zero-order valence-electron chi connectivity index (χ0n) is 49.4. The molecule has 0 aromatic carbocycles. The topological polar surface area (TPSA) is 252 Å². The number of nitrogens with zero attached hydrogens (tertiary/aromatic N) is 7. The van der Waals surface area contributed by atoms with Crippen LogP contribution in [0.3, 0.4) is 0 Å². The van der Waals surface area contributed by atoms with Crippen LogP contribution in [0.25, 0.3) is 38.7 Å². The Morgan fingerprint density at radius 2 is 1.22 bits per heavy atom. The van der Waals surface area contributed by atoms with Crippen LogP contribution < -0.4 is 56.5 Å². The van der Waals surface area contributed by atoms with E-state index in [4.69, 9.17) is 24.8 Å². The maximum absolute atomic E-state index is 12.1. The molecule has 6 N–H and O–H groups in total. The molecule has 0 saturated carbocycles. The van der Waals surface area contributed by atoms with Crippen molar-refractivity contribution in [2.24, 2.45) is 0 Å². The number of hydrogen-bond acceptors (Lipinski definition) is 14. The zero-order chi connectivity index (χ0) is 57.9. The number of Topliss-reactive ketones (excluding diaryl/α,β-unsaturated/α-hetero) is 1. The van der Waals surface area contributed by atoms with Crippen molar-refractivity contribution >= 4 is 65.2 Å². The van der Waals surface area contributed by atoms with E-state index in [9.17, 15) is 19.5 Å². The molecule has 10 rings (SSSR count). The number of carbonyl (C=O) groups excluding carboxylic acids is 3. The molecule has 19 nitrogen and oxygen atoms in total. The quantitative estimate of drug-likeness (QED) is 0.0920. The second-order valence-corrected chi connectivity index (χ2v) is 22.5. The molecule has 21 heteroatoms. The normalized spacial score (nSPS) is 16.6. The van der Waals surface area contributed by atoms with Crippen LogP contribution in [0.1, 0.15) is 106 Å². The zero-order valence-corrected chi connectivity index (χ0v) is 53.6. The van der Waals surface area contributed by atoms with Gasteiger partial charge < -0.3 is 59.6 Å². The number of β-amino-alcohol motifs (C(OH)–C–C–N with tert-alkyl or cyclic N) is 1. The molecule has 10 heterocycles. The third-order valence-electron chi connectivity index (χ3n) is 11.0. The molecule has 2 atom stereocenters. The Labute approximate surface area is 514 Å². The molecule has 436 valence electrons. The molecule has 3 saturated heterocycles. The molecular weight excluding hydrogens is 1050 g/mol. The van der Waals surface area contributed by atoms with Crippen LogP contribution in [0.2, 0.25) is 0 Å². The number of aliphatic hydroxyl groups is 3. The van der Waals surface area contributed by atoms with Gasteiger partial charge in [-0.05, 0) is 130 Å². The SMILES string of the molecule is C.CC(C)(C)OC(=O)N1CC=C(c2c[nH]c3cccnc23)C1.CC(C)(C)OC(=O)N1CCC(c2c[nH]c3cccnc23)C1.CC(C)(C)[O-].CN1CCC(=O)C1.CN1CCC(O)C1.CO.CO.CPC.[K+].c1cnc2cc[nH]c2c1. The molecule has 79 heavy (non-hydrogen) atoms. The number of likely N-dealkylation sites (N-methyl/N-ethyl adjacent to an activating group) is 2. The predicted octanol–water partition coefficient (Wildman–Crippen LogP) is 5.55. The summed E-state index contributed by atoms with van der Waals surface area (Å²) in [5.74, 6) is 0.698. The minimum absolute atomic E-state index is 0. The minimum atomic E-state index is -0.750. The number of rotatable bonds is 2. The summed E-state index contributed by atoms with van der Waals surface area (Å²) in [4.78, 5) is 64.7. The van der Waals surface area contributed by atoms with Crippen LogP contribution in [0.15, 0.2) is 85.7 Å². The maximum atomic E-state index is 12.1. The average molecular weight is 1150 g/mol. The Kier molecular flexibility index (Phi) is 35.8. The molecule has 0 aliphatic carbocycles. The fourth-order valence-corrected chi connectivity index (χ4v) is 7.78. The van der Waals surface area contributed by atoms with Crippen LogP contribution in [0.5, 0.6) is 0 Å². The minimum Gasteiger partial charge on any atom is -0.850 e. The Hall–Kier alpha value is -4.15. The molecule has 6 aromatic rings. The fraction of sp³-hybridized carbons (Fsp3) is 0.552. The number of pyridine rings is 3. The molecule has 3 fully saturated rings. The first-order chi connectivity index (χ1) is 36.3. The molecule has 0 bridgehead atoms. The summed E-state index contributed by atoms with van der Waals surface area (Å²) >= 11 is 0. The summed E-state index contributed by atoms with van der Waals surface area (Å²) in [5, 5.41) is 33.0. The van der Waals surface area contributed by atoms with E-state index in [0.717, 1.165) is 112 Å². The van der Waals surface area contributed by atoms with E-state index in [1.165, 1.54) is 5.56 Å². The Morgan fingerprint density at radius 3 is 1.68 bits per heavy atom. The van der Waals surface area contributed by atoms with Gasteiger partial charge in [-0.3, -0.25) is 24.6 Å². The van der Waals surface area contributed by atoms with E-state index in [1.807, 2.05) is 122 Å². The van der Waals surface area contributed by atoms with Gasteiger partial charge in [-0.1, -0.05) is 34.3 Å². The number of likely N-dealkylation sites (tertiary alicyclic amines) is 3. The van der Waals surface area contributed by atoms with Crippen molar-refractivity contribution in [3.05, 3.63) is 96.8 Å². The van der Waals surface area contributed by atoms with Crippen LogP contribution in [0.4, 0.5) is 9.59 Å². The van der Waals surface area contributed by atoms with E-state index < -0.39 is 16.8 Å². The third-order valence-corrected chi connectivity index (χ3v) is 11.0. The van der Waals surface area contributed by atoms with Crippen LogP contribution in [-0.2, 0) is 14.3 Å². The second-order valence-electron chi connectivity index (χ2n) is 21.5. The standard InChI is InChI=1S/C16H21N3O2.C16H19N3O2.C7H6N2.C5H11NO.C5H9NO.C4H9O.C2H7P.2CH4O.CH4.K/c2*1-16(2,3)21-15(20)19-8-6-11(10-19)12-9-18-13-5-4-7-17-14(12)13;1-2-6-7(8-4-1)3-5-9-6;2*1-6-3-2-5(7)4-6;1-4(2,3)5;1-3-2;2*1-2;;/h4-5,7,9,11,18H,6,8,10H2,1-3H3;4-7,9,18H,8,10H2,1-3H3;1-5,9H;5,7H,2-4H2,1H3;2-4H2,1H3;1-3H3;3H,1-2H3;2*2H,1H3;1H4;/q;;;;;-1;;;;;+1. The van der Waals surface area contributed by atoms with Gasteiger partial charge in [0.25, 0.3) is 0 Å². The summed E-state index contributed by atoms with van der Waals surface area (Å²) in [6.07, 6.45) is 15.4. The maximum Gasteiger partial charge on any atom is 1.00 e. The molecule has 6 aromatic heterocycles. The number of aromatic amines is 3. The number of fused-ring (bicyclic) bond motifs is 3. The summed E-state index contributed by atoms with van der Waals surface area (Å²) in [7, 11) is 7.07. The Morgan fingerprint density at radius 1 is 0.696 bits per heavy atom. The molecular formula is C58H94KN10O9P. The van der Waals surface area contributed by atoms with Gasteiger partial charge in [-0.25, -0.2) is 9.59 Å². The first-order valence-electron chi connectivity index (χ1n) is 26.0. The van der Waals surface area contributed by atoms with Crippen LogP contribution in [0, 0.1) is 0 Å². The van der Waals surface area contributed by atoms with E-state index in [-0.39, 0.29) is 77.1 Å². The van der Waals surface area contributed by atoms with Gasteiger partial charge in [-0.15, -0.1) is 14.2 Å². The first-order valence-corrected chi connectivity index (χ1v) is 28.0. The number of nitrogens with one attached hydrogen (secondary N) is 3. The van der Waals surface area contributed by atoms with Gasteiger partial charge in [0, 0.05) is 121 Å². The van der Waals surface area contributed by atoms with Crippen molar-refractivity contribution in [1.82, 2.24) is 49.5 Å². The van der Waals surface area contributed by atoms with Crippen molar-refractivity contribution in [2.75, 3.05) is 94.0 Å². The van der Waals surface area contributed by atoms with Gasteiger partial charge in [0.15, 0.2) is 0 Å². The van der Waals surface area contributed by atoms with E-state index in [1.54, 1.807) is 49.2 Å². The van der Waals surface area contributed by atoms with Crippen molar-refractivity contribution < 1.29 is 95.7 Å². The van der Waals surface area contributed by atoms with E-state index in [0.29, 0.717) is 37.9 Å². The van der Waals surface area contributed by atoms with Gasteiger partial charge >= 0.3 is 63.6 Å². The number of amides is 2. The monoisotopic (exact) mass is 1140 g/mol.